The molecule has 0 amide bonds. The van der Waals surface area contributed by atoms with Crippen molar-refractivity contribution >= 4 is 23.4 Å². The predicted octanol–water partition coefficient (Wildman–Crippen LogP) is 3.30. The van der Waals surface area contributed by atoms with Gasteiger partial charge in [0.05, 0.1) is 17.9 Å². The molecule has 0 aliphatic rings. The van der Waals surface area contributed by atoms with E-state index < -0.39 is 0 Å². The van der Waals surface area contributed by atoms with Crippen molar-refractivity contribution in [3.63, 3.8) is 0 Å². The van der Waals surface area contributed by atoms with E-state index in [0.717, 1.165) is 5.69 Å². The zero-order valence-electron chi connectivity index (χ0n) is 13.3. The zero-order valence-corrected chi connectivity index (χ0v) is 13.3. The number of hydrogen-bond acceptors (Lipinski definition) is 6. The number of rotatable bonds is 7. The van der Waals surface area contributed by atoms with E-state index in [1.165, 1.54) is 0 Å². The Morgan fingerprint density at radius 1 is 1.35 bits per heavy atom. The van der Waals surface area contributed by atoms with Gasteiger partial charge in [0.25, 0.3) is 0 Å². The van der Waals surface area contributed by atoms with Crippen molar-refractivity contribution in [3.8, 4) is 0 Å². The lowest BCUT2D eigenvalue weighted by Crippen LogP contribution is -2.09. The van der Waals surface area contributed by atoms with Gasteiger partial charge in [0.15, 0.2) is 0 Å². The van der Waals surface area contributed by atoms with E-state index in [9.17, 15) is 4.79 Å². The van der Waals surface area contributed by atoms with Crippen LogP contribution >= 0.6 is 0 Å². The highest BCUT2D eigenvalue weighted by Gasteiger charge is 2.12. The zero-order chi connectivity index (χ0) is 16.7. The summed E-state index contributed by atoms with van der Waals surface area (Å²) in [6.45, 7) is 8.21. The minimum atomic E-state index is -0.369. The smallest absolute Gasteiger partial charge is 0.340 e. The molecule has 1 aromatic heterocycles. The fourth-order valence-electron chi connectivity index (χ4n) is 1.99. The van der Waals surface area contributed by atoms with E-state index in [0.29, 0.717) is 36.2 Å². The third-order valence-electron chi connectivity index (χ3n) is 2.94. The highest BCUT2D eigenvalue weighted by atomic mass is 16.5. The van der Waals surface area contributed by atoms with Crippen LogP contribution in [0.25, 0.3) is 0 Å². The summed E-state index contributed by atoms with van der Waals surface area (Å²) in [5.74, 6) is 0.730. The molecule has 2 aromatic rings. The van der Waals surface area contributed by atoms with Crippen LogP contribution in [0, 0.1) is 6.92 Å². The fraction of sp³-hybridized carbons (Fsp3) is 0.235. The normalized spacial score (nSPS) is 10.0. The van der Waals surface area contributed by atoms with E-state index >= 15 is 0 Å². The third-order valence-corrected chi connectivity index (χ3v) is 2.94. The minimum Gasteiger partial charge on any atom is -0.462 e. The number of nitrogens with one attached hydrogen (secondary N) is 2. The van der Waals surface area contributed by atoms with Gasteiger partial charge in [-0.05, 0) is 26.0 Å². The van der Waals surface area contributed by atoms with Crippen LogP contribution in [0.1, 0.15) is 23.0 Å². The number of benzene rings is 1. The predicted molar refractivity (Wildman–Crippen MR) is 91.1 cm³/mol. The van der Waals surface area contributed by atoms with Gasteiger partial charge >= 0.3 is 5.97 Å². The van der Waals surface area contributed by atoms with E-state index in [1.54, 1.807) is 37.3 Å². The molecule has 0 radical (unpaired) electrons. The van der Waals surface area contributed by atoms with Crippen molar-refractivity contribution < 1.29 is 9.53 Å². The Morgan fingerprint density at radius 3 is 2.87 bits per heavy atom. The van der Waals surface area contributed by atoms with E-state index in [4.69, 9.17) is 4.74 Å². The molecule has 0 atom stereocenters. The van der Waals surface area contributed by atoms with Gasteiger partial charge in [-0.2, -0.15) is 4.98 Å². The quantitative estimate of drug-likeness (QED) is 0.603. The molecule has 1 heterocycles. The summed E-state index contributed by atoms with van der Waals surface area (Å²) < 4.78 is 5.07. The van der Waals surface area contributed by atoms with Gasteiger partial charge in [-0.1, -0.05) is 18.2 Å². The SMILES string of the molecule is C=CCNc1nc(C)cc(Nc2ccccc2C(=O)OCC)n1. The first-order valence-electron chi connectivity index (χ1n) is 7.37. The van der Waals surface area contributed by atoms with Crippen LogP contribution < -0.4 is 10.6 Å². The van der Waals surface area contributed by atoms with Gasteiger partial charge < -0.3 is 15.4 Å². The first kappa shape index (κ1) is 16.5. The van der Waals surface area contributed by atoms with Crippen molar-refractivity contribution in [2.75, 3.05) is 23.8 Å². The standard InChI is InChI=1S/C17H20N4O2/c1-4-10-18-17-19-12(3)11-15(21-17)20-14-9-7-6-8-13(14)16(22)23-5-2/h4,6-9,11H,1,5,10H2,2-3H3,(H2,18,19,20,21). The fourth-order valence-corrected chi connectivity index (χ4v) is 1.99. The van der Waals surface area contributed by atoms with Gasteiger partial charge in [0, 0.05) is 18.3 Å². The Morgan fingerprint density at radius 2 is 2.13 bits per heavy atom. The molecular formula is C17H20N4O2. The van der Waals surface area contributed by atoms with E-state index in [1.807, 2.05) is 13.0 Å². The minimum absolute atomic E-state index is 0.329. The number of para-hydroxylation sites is 1. The molecule has 0 saturated heterocycles. The molecule has 2 rings (SSSR count). The van der Waals surface area contributed by atoms with Gasteiger partial charge in [-0.3, -0.25) is 0 Å². The third kappa shape index (κ3) is 4.54. The summed E-state index contributed by atoms with van der Waals surface area (Å²) in [6.07, 6.45) is 1.73. The summed E-state index contributed by atoms with van der Waals surface area (Å²) in [7, 11) is 0. The van der Waals surface area contributed by atoms with Crippen LogP contribution in [-0.4, -0.2) is 29.1 Å². The van der Waals surface area contributed by atoms with Crippen molar-refractivity contribution in [1.82, 2.24) is 9.97 Å². The Hall–Kier alpha value is -2.89. The van der Waals surface area contributed by atoms with Gasteiger partial charge in [0.1, 0.15) is 5.82 Å². The summed E-state index contributed by atoms with van der Waals surface area (Å²) in [5.41, 5.74) is 1.91. The number of nitrogens with zero attached hydrogens (tertiary/aromatic N) is 2. The van der Waals surface area contributed by atoms with Crippen LogP contribution in [0.4, 0.5) is 17.5 Å². The van der Waals surface area contributed by atoms with Crippen LogP contribution in [0.5, 0.6) is 0 Å². The molecule has 0 saturated carbocycles. The first-order valence-corrected chi connectivity index (χ1v) is 7.37. The lowest BCUT2D eigenvalue weighted by atomic mass is 10.2. The molecule has 6 heteroatoms. The number of carbonyl (C=O) groups excluding carboxylic acids is 1. The second-order valence-corrected chi connectivity index (χ2v) is 4.78. The molecule has 0 unspecified atom stereocenters. The number of anilines is 3. The molecule has 6 nitrogen and oxygen atoms in total. The van der Waals surface area contributed by atoms with Crippen molar-refractivity contribution in [2.45, 2.75) is 13.8 Å². The van der Waals surface area contributed by atoms with Crippen LogP contribution in [0.15, 0.2) is 43.0 Å². The first-order chi connectivity index (χ1) is 11.1. The summed E-state index contributed by atoms with van der Waals surface area (Å²) in [4.78, 5) is 20.7. The maximum absolute atomic E-state index is 12.0. The van der Waals surface area contributed by atoms with Crippen LogP contribution in [0.2, 0.25) is 0 Å². The number of carbonyl (C=O) groups is 1. The van der Waals surface area contributed by atoms with Gasteiger partial charge in [0.2, 0.25) is 5.95 Å². The summed E-state index contributed by atoms with van der Waals surface area (Å²) >= 11 is 0. The average Bonchev–Trinajstić information content (AvgIpc) is 2.53. The second kappa shape index (κ2) is 7.93. The Labute approximate surface area is 135 Å². The van der Waals surface area contributed by atoms with E-state index in [2.05, 4.69) is 27.2 Å². The number of ether oxygens (including phenoxy) is 1. The van der Waals surface area contributed by atoms with E-state index in [-0.39, 0.29) is 5.97 Å². The Kier molecular flexibility index (Phi) is 5.68. The van der Waals surface area contributed by atoms with Crippen molar-refractivity contribution in [2.24, 2.45) is 0 Å². The maximum atomic E-state index is 12.0. The van der Waals surface area contributed by atoms with Crippen molar-refractivity contribution in [3.05, 3.63) is 54.2 Å². The molecule has 23 heavy (non-hydrogen) atoms. The highest BCUT2D eigenvalue weighted by molar-refractivity contribution is 5.96. The molecule has 0 spiro atoms. The second-order valence-electron chi connectivity index (χ2n) is 4.78. The molecule has 0 fully saturated rings. The monoisotopic (exact) mass is 312 g/mol. The molecule has 0 aliphatic carbocycles. The lowest BCUT2D eigenvalue weighted by Gasteiger charge is -2.12. The maximum Gasteiger partial charge on any atom is 0.340 e. The van der Waals surface area contributed by atoms with Crippen LogP contribution in [0.3, 0.4) is 0 Å². The molecule has 120 valence electrons. The topological polar surface area (TPSA) is 76.1 Å². The molecular weight excluding hydrogens is 292 g/mol. The van der Waals surface area contributed by atoms with Gasteiger partial charge in [-0.15, -0.1) is 6.58 Å². The summed E-state index contributed by atoms with van der Waals surface area (Å²) in [5, 5.41) is 6.20. The molecule has 0 bridgehead atoms. The van der Waals surface area contributed by atoms with Gasteiger partial charge in [-0.25, -0.2) is 9.78 Å². The molecule has 1 aromatic carbocycles. The van der Waals surface area contributed by atoms with Crippen LogP contribution in [-0.2, 0) is 4.74 Å². The largest absolute Gasteiger partial charge is 0.462 e. The number of hydrogen-bond donors (Lipinski definition) is 2. The highest BCUT2D eigenvalue weighted by Crippen LogP contribution is 2.21. The van der Waals surface area contributed by atoms with Crippen molar-refractivity contribution in [1.29, 1.82) is 0 Å². The average molecular weight is 312 g/mol. The number of aryl methyl sites for hydroxylation is 1. The number of esters is 1. The molecule has 0 aliphatic heterocycles. The Bertz CT molecular complexity index is 701. The Balaban J connectivity index is 2.27. The summed E-state index contributed by atoms with van der Waals surface area (Å²) in [6, 6.07) is 8.96. The number of aromatic nitrogens is 2. The molecule has 2 N–H and O–H groups in total. The lowest BCUT2D eigenvalue weighted by molar-refractivity contribution is 0.0527.